The van der Waals surface area contributed by atoms with Gasteiger partial charge in [-0.05, 0) is 47.2 Å². The number of hydrogen-bond acceptors (Lipinski definition) is 2. The van der Waals surface area contributed by atoms with Gasteiger partial charge >= 0.3 is 0 Å². The number of fused-ring (bicyclic) bond motifs is 1. The fourth-order valence-electron chi connectivity index (χ4n) is 3.46. The number of nitrogens with zero attached hydrogens (tertiary/aromatic N) is 2. The minimum Gasteiger partial charge on any atom is -0.214 e. The molecule has 0 unspecified atom stereocenters. The van der Waals surface area contributed by atoms with Gasteiger partial charge in [0, 0.05) is 0 Å². The lowest BCUT2D eigenvalue weighted by atomic mass is 9.86. The van der Waals surface area contributed by atoms with E-state index in [4.69, 9.17) is 0 Å². The normalized spacial score (nSPS) is 11.1. The Labute approximate surface area is 150 Å². The molecule has 4 rings (SSSR count). The first-order valence-corrected chi connectivity index (χ1v) is 8.34. The lowest BCUT2D eigenvalue weighted by Gasteiger charge is -2.19. The van der Waals surface area contributed by atoms with E-state index in [-0.39, 0.29) is 0 Å². The van der Waals surface area contributed by atoms with Crippen LogP contribution >= 0.6 is 0 Å². The molecular weight excluding hydrogens is 330 g/mol. The first-order chi connectivity index (χ1) is 12.6. The van der Waals surface area contributed by atoms with Crippen LogP contribution in [0.5, 0.6) is 0 Å². The second-order valence-corrected chi connectivity index (χ2v) is 6.23. The second kappa shape index (κ2) is 6.30. The predicted molar refractivity (Wildman–Crippen MR) is 99.8 cm³/mol. The summed E-state index contributed by atoms with van der Waals surface area (Å²) in [5.41, 5.74) is 6.26. The van der Waals surface area contributed by atoms with E-state index in [1.165, 1.54) is 0 Å². The summed E-state index contributed by atoms with van der Waals surface area (Å²) in [5, 5.41) is 0. The van der Waals surface area contributed by atoms with Crippen LogP contribution in [0.2, 0.25) is 0 Å². The third kappa shape index (κ3) is 2.54. The van der Waals surface area contributed by atoms with E-state index in [0.717, 1.165) is 33.4 Å². The van der Waals surface area contributed by atoms with Crippen LogP contribution in [0, 0.1) is 25.7 Å². The first kappa shape index (κ1) is 16.3. The van der Waals surface area contributed by atoms with Crippen molar-refractivity contribution in [2.75, 3.05) is 0 Å². The number of halogens is 2. The van der Waals surface area contributed by atoms with Crippen molar-refractivity contribution in [3.05, 3.63) is 83.7 Å². The van der Waals surface area contributed by atoms with Crippen LogP contribution in [0.1, 0.15) is 11.1 Å². The van der Waals surface area contributed by atoms with Crippen molar-refractivity contribution in [2.45, 2.75) is 13.8 Å². The molecule has 4 aromatic rings. The molecule has 0 radical (unpaired) electrons. The van der Waals surface area contributed by atoms with Crippen molar-refractivity contribution in [3.63, 3.8) is 0 Å². The number of benzene rings is 3. The van der Waals surface area contributed by atoms with Crippen LogP contribution in [0.25, 0.3) is 33.3 Å². The van der Waals surface area contributed by atoms with Crippen molar-refractivity contribution in [2.24, 2.45) is 0 Å². The third-order valence-electron chi connectivity index (χ3n) is 4.65. The van der Waals surface area contributed by atoms with Crippen LogP contribution in [-0.4, -0.2) is 9.97 Å². The van der Waals surface area contributed by atoms with E-state index in [0.29, 0.717) is 11.0 Å². The molecule has 0 aliphatic heterocycles. The quantitative estimate of drug-likeness (QED) is 0.454. The average Bonchev–Trinajstić information content (AvgIpc) is 2.67. The summed E-state index contributed by atoms with van der Waals surface area (Å²) in [5.74, 6) is -2.35. The highest BCUT2D eigenvalue weighted by atomic mass is 19.2. The van der Waals surface area contributed by atoms with Crippen molar-refractivity contribution in [1.82, 2.24) is 9.97 Å². The van der Waals surface area contributed by atoms with Crippen molar-refractivity contribution < 1.29 is 8.78 Å². The highest BCUT2D eigenvalue weighted by Gasteiger charge is 2.21. The molecule has 4 heteroatoms. The molecule has 0 amide bonds. The Bertz CT molecular complexity index is 1020. The maximum Gasteiger partial charge on any atom is 0.269 e. The van der Waals surface area contributed by atoms with Gasteiger partial charge in [-0.3, -0.25) is 0 Å². The molecule has 1 heterocycles. The average molecular weight is 346 g/mol. The van der Waals surface area contributed by atoms with E-state index in [1.807, 2.05) is 74.5 Å². The summed E-state index contributed by atoms with van der Waals surface area (Å²) in [6.45, 7) is 3.76. The smallest absolute Gasteiger partial charge is 0.214 e. The highest BCUT2D eigenvalue weighted by molar-refractivity contribution is 5.99. The molecule has 0 fully saturated rings. The number of hydrogen-bond donors (Lipinski definition) is 0. The van der Waals surface area contributed by atoms with Gasteiger partial charge in [0.2, 0.25) is 0 Å². The Hall–Kier alpha value is -3.14. The minimum absolute atomic E-state index is 0.389. The fraction of sp³-hybridized carbons (Fsp3) is 0.0909. The number of rotatable bonds is 2. The van der Waals surface area contributed by atoms with Gasteiger partial charge in [-0.15, -0.1) is 0 Å². The van der Waals surface area contributed by atoms with E-state index in [2.05, 4.69) is 9.97 Å². The number of aryl methyl sites for hydroxylation is 2. The monoisotopic (exact) mass is 346 g/mol. The Balaban J connectivity index is 2.20. The molecule has 0 saturated carbocycles. The first-order valence-electron chi connectivity index (χ1n) is 8.34. The van der Waals surface area contributed by atoms with E-state index in [9.17, 15) is 8.78 Å². The van der Waals surface area contributed by atoms with Crippen molar-refractivity contribution >= 4 is 11.0 Å². The summed E-state index contributed by atoms with van der Waals surface area (Å²) < 4.78 is 27.5. The van der Waals surface area contributed by atoms with Crippen LogP contribution in [0.3, 0.4) is 0 Å². The molecule has 0 N–H and O–H groups in total. The minimum atomic E-state index is -1.17. The lowest BCUT2D eigenvalue weighted by molar-refractivity contribution is 0.459. The zero-order valence-corrected chi connectivity index (χ0v) is 14.4. The van der Waals surface area contributed by atoms with Crippen LogP contribution in [0.4, 0.5) is 8.78 Å². The highest BCUT2D eigenvalue weighted by Crippen LogP contribution is 2.41. The van der Waals surface area contributed by atoms with Crippen molar-refractivity contribution in [1.29, 1.82) is 0 Å². The molecule has 0 aliphatic carbocycles. The topological polar surface area (TPSA) is 25.8 Å². The molecule has 0 atom stereocenters. The van der Waals surface area contributed by atoms with Gasteiger partial charge in [-0.25, -0.2) is 9.97 Å². The van der Waals surface area contributed by atoms with Gasteiger partial charge in [0.05, 0.1) is 11.0 Å². The Kier molecular flexibility index (Phi) is 3.96. The maximum absolute atomic E-state index is 13.8. The second-order valence-electron chi connectivity index (χ2n) is 6.23. The van der Waals surface area contributed by atoms with Gasteiger partial charge in [0.15, 0.2) is 0 Å². The van der Waals surface area contributed by atoms with Crippen molar-refractivity contribution in [3.8, 4) is 22.3 Å². The van der Waals surface area contributed by atoms with E-state index >= 15 is 0 Å². The standard InChI is InChI=1S/C22H16F2N2/c1-13-17(15-9-5-3-6-10-15)18(16-11-7-4-8-12-16)14(2)20-19(13)25-21(23)22(24)26-20/h3-12H,1-2H3. The molecule has 128 valence electrons. The molecule has 3 aromatic carbocycles. The maximum atomic E-state index is 13.8. The Morgan fingerprint density at radius 1 is 0.577 bits per heavy atom. The van der Waals surface area contributed by atoms with E-state index in [1.54, 1.807) is 0 Å². The van der Waals surface area contributed by atoms with E-state index < -0.39 is 11.9 Å². The summed E-state index contributed by atoms with van der Waals surface area (Å²) in [6, 6.07) is 19.8. The summed E-state index contributed by atoms with van der Waals surface area (Å²) >= 11 is 0. The van der Waals surface area contributed by atoms with Gasteiger partial charge in [0.1, 0.15) is 0 Å². The zero-order valence-electron chi connectivity index (χ0n) is 14.4. The lowest BCUT2D eigenvalue weighted by Crippen LogP contribution is -2.03. The predicted octanol–water partition coefficient (Wildman–Crippen LogP) is 5.86. The summed E-state index contributed by atoms with van der Waals surface area (Å²) in [7, 11) is 0. The molecule has 0 bridgehead atoms. The molecule has 26 heavy (non-hydrogen) atoms. The molecule has 0 spiro atoms. The number of aromatic nitrogens is 2. The fourth-order valence-corrected chi connectivity index (χ4v) is 3.46. The van der Waals surface area contributed by atoms with Gasteiger partial charge in [-0.1, -0.05) is 60.7 Å². The molecular formula is C22H16F2N2. The largest absolute Gasteiger partial charge is 0.269 e. The summed E-state index contributed by atoms with van der Waals surface area (Å²) in [6.07, 6.45) is 0. The molecule has 0 aliphatic rings. The SMILES string of the molecule is Cc1c(-c2ccccc2)c(-c2ccccc2)c(C)c2nc(F)c(F)nc12. The summed E-state index contributed by atoms with van der Waals surface area (Å²) in [4.78, 5) is 7.70. The molecule has 1 aromatic heterocycles. The van der Waals surface area contributed by atoms with Gasteiger partial charge in [-0.2, -0.15) is 8.78 Å². The Morgan fingerprint density at radius 2 is 0.923 bits per heavy atom. The molecule has 0 saturated heterocycles. The van der Waals surface area contributed by atoms with Crippen LogP contribution < -0.4 is 0 Å². The van der Waals surface area contributed by atoms with Crippen LogP contribution in [0.15, 0.2) is 60.7 Å². The Morgan fingerprint density at radius 3 is 1.27 bits per heavy atom. The third-order valence-corrected chi connectivity index (χ3v) is 4.65. The zero-order chi connectivity index (χ0) is 18.3. The van der Waals surface area contributed by atoms with Crippen LogP contribution in [-0.2, 0) is 0 Å². The van der Waals surface area contributed by atoms with Gasteiger partial charge < -0.3 is 0 Å². The van der Waals surface area contributed by atoms with Gasteiger partial charge in [0.25, 0.3) is 11.9 Å². The molecule has 2 nitrogen and oxygen atoms in total.